The Kier molecular flexibility index (Phi) is 4.69. The number of hydrogen-bond acceptors (Lipinski definition) is 7. The smallest absolute Gasteiger partial charge is 0.230 e. The van der Waals surface area contributed by atoms with Crippen LogP contribution in [0.2, 0.25) is 0 Å². The number of amides is 1. The highest BCUT2D eigenvalue weighted by molar-refractivity contribution is 5.96. The predicted octanol–water partition coefficient (Wildman–Crippen LogP) is 2.76. The molecule has 0 saturated carbocycles. The molecule has 0 unspecified atom stereocenters. The van der Waals surface area contributed by atoms with Crippen molar-refractivity contribution in [1.82, 2.24) is 19.7 Å². The second-order valence-corrected chi connectivity index (χ2v) is 9.23. The van der Waals surface area contributed by atoms with Crippen LogP contribution in [0.5, 0.6) is 0 Å². The van der Waals surface area contributed by atoms with Gasteiger partial charge in [0.2, 0.25) is 5.91 Å². The van der Waals surface area contributed by atoms with Gasteiger partial charge in [-0.25, -0.2) is 9.50 Å². The molecule has 4 heterocycles. The highest BCUT2D eigenvalue weighted by Gasteiger charge is 2.58. The number of ether oxygens (including phenoxy) is 2. The normalized spacial score (nSPS) is 29.3. The van der Waals surface area contributed by atoms with E-state index in [-0.39, 0.29) is 24.2 Å². The van der Waals surface area contributed by atoms with Gasteiger partial charge in [0.05, 0.1) is 11.7 Å². The maximum atomic E-state index is 12.4. The van der Waals surface area contributed by atoms with E-state index in [9.17, 15) is 10.0 Å². The van der Waals surface area contributed by atoms with E-state index in [0.717, 1.165) is 12.1 Å². The first kappa shape index (κ1) is 20.2. The van der Waals surface area contributed by atoms with Gasteiger partial charge in [-0.15, -0.1) is 0 Å². The largest absolute Gasteiger partial charge is 0.343 e. The molecule has 2 aliphatic rings. The van der Waals surface area contributed by atoms with Crippen LogP contribution in [0, 0.1) is 5.41 Å². The van der Waals surface area contributed by atoms with Crippen molar-refractivity contribution < 1.29 is 19.5 Å². The summed E-state index contributed by atoms with van der Waals surface area (Å²) >= 11 is 0. The Morgan fingerprint density at radius 3 is 2.62 bits per heavy atom. The molecule has 0 spiro atoms. The number of fused-ring (bicyclic) bond motifs is 2. The van der Waals surface area contributed by atoms with Crippen LogP contribution in [-0.4, -0.2) is 54.8 Å². The Balaban J connectivity index is 1.73. The van der Waals surface area contributed by atoms with Gasteiger partial charge in [-0.3, -0.25) is 4.79 Å². The zero-order valence-corrected chi connectivity index (χ0v) is 17.7. The van der Waals surface area contributed by atoms with Gasteiger partial charge in [-0.2, -0.15) is 10.2 Å². The molecule has 0 radical (unpaired) electrons. The molecule has 4 atom stereocenters. The number of carbonyl (C=O) groups excluding carboxylic acids is 1. The average Bonchev–Trinajstić information content (AvgIpc) is 3.23. The first-order valence-electron chi connectivity index (χ1n) is 10.0. The molecule has 0 aliphatic carbocycles. The summed E-state index contributed by atoms with van der Waals surface area (Å²) in [5.41, 5.74) is 0.860. The van der Waals surface area contributed by atoms with Gasteiger partial charge in [0.25, 0.3) is 0 Å². The number of carbonyl (C=O) groups is 1. The zero-order valence-electron chi connectivity index (χ0n) is 17.7. The Morgan fingerprint density at radius 1 is 1.28 bits per heavy atom. The van der Waals surface area contributed by atoms with E-state index in [2.05, 4.69) is 15.4 Å². The van der Waals surface area contributed by atoms with Gasteiger partial charge < -0.3 is 20.0 Å². The molecule has 0 bridgehead atoms. The third-order valence-electron chi connectivity index (χ3n) is 5.59. The van der Waals surface area contributed by atoms with E-state index < -0.39 is 17.2 Å². The van der Waals surface area contributed by atoms with Gasteiger partial charge in [-0.1, -0.05) is 27.7 Å². The van der Waals surface area contributed by atoms with Crippen molar-refractivity contribution in [2.24, 2.45) is 5.41 Å². The Bertz CT molecular complexity index is 935. The summed E-state index contributed by atoms with van der Waals surface area (Å²) in [6.07, 6.45) is 1.55. The lowest BCUT2D eigenvalue weighted by Crippen LogP contribution is -2.37. The van der Waals surface area contributed by atoms with E-state index in [4.69, 9.17) is 9.47 Å². The summed E-state index contributed by atoms with van der Waals surface area (Å²) in [4.78, 5) is 16.7. The van der Waals surface area contributed by atoms with Crippen molar-refractivity contribution in [3.63, 3.8) is 0 Å². The second kappa shape index (κ2) is 6.73. The molecule has 2 aliphatic heterocycles. The van der Waals surface area contributed by atoms with Crippen molar-refractivity contribution in [1.29, 1.82) is 0 Å². The molecule has 158 valence electrons. The van der Waals surface area contributed by atoms with E-state index >= 15 is 0 Å². The minimum atomic E-state index is -0.712. The van der Waals surface area contributed by atoms with Crippen LogP contribution in [-0.2, 0) is 14.3 Å². The van der Waals surface area contributed by atoms with Crippen LogP contribution < -0.4 is 5.32 Å². The summed E-state index contributed by atoms with van der Waals surface area (Å²) in [5, 5.41) is 19.5. The number of nitrogens with one attached hydrogen (secondary N) is 1. The minimum absolute atomic E-state index is 0.133. The topological polar surface area (TPSA) is 101 Å². The summed E-state index contributed by atoms with van der Waals surface area (Å²) in [6.45, 7) is 11.3. The molecular formula is C20H29N5O4. The minimum Gasteiger partial charge on any atom is -0.343 e. The second-order valence-electron chi connectivity index (χ2n) is 9.23. The van der Waals surface area contributed by atoms with Gasteiger partial charge in [0, 0.05) is 5.41 Å². The van der Waals surface area contributed by atoms with Gasteiger partial charge >= 0.3 is 0 Å². The van der Waals surface area contributed by atoms with Gasteiger partial charge in [0.1, 0.15) is 30.1 Å². The highest BCUT2D eigenvalue weighted by atomic mass is 16.8. The monoisotopic (exact) mass is 403 g/mol. The van der Waals surface area contributed by atoms with E-state index in [0.29, 0.717) is 11.3 Å². The Morgan fingerprint density at radius 2 is 1.97 bits per heavy atom. The Labute approximate surface area is 170 Å². The third kappa shape index (κ3) is 3.31. The van der Waals surface area contributed by atoms with E-state index in [1.54, 1.807) is 4.52 Å². The number of aromatic nitrogens is 3. The molecule has 9 nitrogen and oxygen atoms in total. The SMILES string of the molecule is CC[C@@H]1[C@H]2OC(C)(C)O[C@H]2[C@H](c2ccc3c(NC(=O)C(C)(C)C)ncnn23)N1O. The highest BCUT2D eigenvalue weighted by Crippen LogP contribution is 2.47. The molecule has 9 heteroatoms. The standard InChI is InChI=1S/C20H29N5O4/c1-7-11-15-16(29-20(5,6)28-15)14(25(11)27)12-8-9-13-17(21-10-22-24(12)13)23-18(26)19(2,3)4/h8-11,14-16,27H,7H2,1-6H3,(H,21,22,23,26)/t11-,14+,15-,16+/m1/s1. The summed E-state index contributed by atoms with van der Waals surface area (Å²) in [7, 11) is 0. The molecule has 2 fully saturated rings. The molecule has 2 aromatic rings. The summed E-state index contributed by atoms with van der Waals surface area (Å²) in [6, 6.07) is 3.10. The zero-order chi connectivity index (χ0) is 21.1. The molecule has 4 rings (SSSR count). The molecular weight excluding hydrogens is 374 g/mol. The fraction of sp³-hybridized carbons (Fsp3) is 0.650. The maximum Gasteiger partial charge on any atom is 0.230 e. The van der Waals surface area contributed by atoms with Gasteiger partial charge in [-0.05, 0) is 32.4 Å². The first-order chi connectivity index (χ1) is 13.5. The number of nitrogens with zero attached hydrogens (tertiary/aromatic N) is 4. The first-order valence-corrected chi connectivity index (χ1v) is 10.0. The van der Waals surface area contributed by atoms with Crippen LogP contribution in [0.1, 0.15) is 59.7 Å². The molecule has 29 heavy (non-hydrogen) atoms. The van der Waals surface area contributed by atoms with Crippen molar-refractivity contribution in [3.05, 3.63) is 24.2 Å². The van der Waals surface area contributed by atoms with Gasteiger partial charge in [0.15, 0.2) is 11.6 Å². The van der Waals surface area contributed by atoms with Crippen molar-refractivity contribution in [3.8, 4) is 0 Å². The Hall–Kier alpha value is -2.07. The van der Waals surface area contributed by atoms with Crippen LogP contribution in [0.4, 0.5) is 5.82 Å². The summed E-state index contributed by atoms with van der Waals surface area (Å²) < 4.78 is 13.9. The lowest BCUT2D eigenvalue weighted by Gasteiger charge is -2.29. The fourth-order valence-corrected chi connectivity index (χ4v) is 4.16. The predicted molar refractivity (Wildman–Crippen MR) is 105 cm³/mol. The number of hydrogen-bond donors (Lipinski definition) is 2. The van der Waals surface area contributed by atoms with Crippen LogP contribution in [0.3, 0.4) is 0 Å². The van der Waals surface area contributed by atoms with Crippen LogP contribution >= 0.6 is 0 Å². The summed E-state index contributed by atoms with van der Waals surface area (Å²) in [5.74, 6) is -0.414. The molecule has 1 amide bonds. The lowest BCUT2D eigenvalue weighted by molar-refractivity contribution is -0.217. The maximum absolute atomic E-state index is 12.4. The van der Waals surface area contributed by atoms with Crippen molar-refractivity contribution >= 4 is 17.2 Å². The van der Waals surface area contributed by atoms with Crippen molar-refractivity contribution in [2.75, 3.05) is 5.32 Å². The number of anilines is 1. The van der Waals surface area contributed by atoms with Crippen LogP contribution in [0.15, 0.2) is 18.5 Å². The average molecular weight is 403 g/mol. The molecule has 2 aromatic heterocycles. The molecule has 0 aromatic carbocycles. The van der Waals surface area contributed by atoms with Crippen LogP contribution in [0.25, 0.3) is 5.52 Å². The fourth-order valence-electron chi connectivity index (χ4n) is 4.16. The molecule has 2 N–H and O–H groups in total. The molecule has 2 saturated heterocycles. The number of hydroxylamine groups is 2. The third-order valence-corrected chi connectivity index (χ3v) is 5.59. The van der Waals surface area contributed by atoms with E-state index in [1.165, 1.54) is 11.4 Å². The lowest BCUT2D eigenvalue weighted by atomic mass is 9.96. The number of rotatable bonds is 3. The quantitative estimate of drug-likeness (QED) is 0.812. The van der Waals surface area contributed by atoms with Crippen molar-refractivity contribution in [2.45, 2.75) is 78.0 Å². The van der Waals surface area contributed by atoms with E-state index in [1.807, 2.05) is 53.7 Å².